The van der Waals surface area contributed by atoms with E-state index in [0.29, 0.717) is 11.8 Å². The lowest BCUT2D eigenvalue weighted by Crippen LogP contribution is -2.48. The lowest BCUT2D eigenvalue weighted by Gasteiger charge is -2.30. The molecule has 0 aromatic heterocycles. The molecule has 2 aliphatic rings. The van der Waals surface area contributed by atoms with Gasteiger partial charge in [0.05, 0.1) is 6.04 Å². The Bertz CT molecular complexity index is 512. The average Bonchev–Trinajstić information content (AvgIpc) is 2.67. The van der Waals surface area contributed by atoms with E-state index in [0.717, 1.165) is 32.6 Å². The zero-order valence-corrected chi connectivity index (χ0v) is 15.7. The van der Waals surface area contributed by atoms with Crippen LogP contribution < -0.4 is 11.1 Å². The van der Waals surface area contributed by atoms with Gasteiger partial charge in [0.15, 0.2) is 0 Å². The molecule has 3 N–H and O–H groups in total. The van der Waals surface area contributed by atoms with E-state index in [4.69, 9.17) is 10.5 Å². The van der Waals surface area contributed by atoms with Gasteiger partial charge in [0, 0.05) is 19.8 Å². The lowest BCUT2D eigenvalue weighted by atomic mass is 9.78. The molecular formula is C20H31ClN2O2. The van der Waals surface area contributed by atoms with Gasteiger partial charge in [-0.1, -0.05) is 30.3 Å². The van der Waals surface area contributed by atoms with Crippen molar-refractivity contribution >= 4 is 18.3 Å². The molecule has 0 bridgehead atoms. The van der Waals surface area contributed by atoms with Gasteiger partial charge in [0.25, 0.3) is 0 Å². The van der Waals surface area contributed by atoms with E-state index >= 15 is 0 Å². The highest BCUT2D eigenvalue weighted by molar-refractivity contribution is 5.85. The fourth-order valence-corrected chi connectivity index (χ4v) is 4.08. The first-order valence-corrected chi connectivity index (χ1v) is 9.40. The molecule has 1 aliphatic carbocycles. The quantitative estimate of drug-likeness (QED) is 0.840. The Kier molecular flexibility index (Phi) is 8.20. The monoisotopic (exact) mass is 366 g/mol. The number of hydrogen-bond acceptors (Lipinski definition) is 3. The normalized spacial score (nSPS) is 25.6. The number of carbonyl (C=O) groups excluding carboxylic acids is 1. The molecular weight excluding hydrogens is 336 g/mol. The van der Waals surface area contributed by atoms with Crippen molar-refractivity contribution in [2.24, 2.45) is 17.6 Å². The average molecular weight is 367 g/mol. The summed E-state index contributed by atoms with van der Waals surface area (Å²) in [5, 5.41) is 3.10. The zero-order valence-electron chi connectivity index (χ0n) is 14.9. The summed E-state index contributed by atoms with van der Waals surface area (Å²) in [4.78, 5) is 12.3. The van der Waals surface area contributed by atoms with Crippen LogP contribution in [0.4, 0.5) is 0 Å². The molecule has 4 nitrogen and oxygen atoms in total. The number of ether oxygens (including phenoxy) is 1. The summed E-state index contributed by atoms with van der Waals surface area (Å²) in [5.74, 6) is 1.57. The molecule has 1 atom stereocenters. The number of rotatable bonds is 5. The number of nitrogens with one attached hydrogen (secondary N) is 1. The van der Waals surface area contributed by atoms with Crippen LogP contribution in [0.2, 0.25) is 0 Å². The first-order chi connectivity index (χ1) is 11.7. The smallest absolute Gasteiger partial charge is 0.237 e. The van der Waals surface area contributed by atoms with E-state index in [9.17, 15) is 4.79 Å². The van der Waals surface area contributed by atoms with Gasteiger partial charge in [-0.15, -0.1) is 12.4 Å². The second-order valence-corrected chi connectivity index (χ2v) is 7.35. The highest BCUT2D eigenvalue weighted by Gasteiger charge is 2.28. The molecule has 1 heterocycles. The van der Waals surface area contributed by atoms with Crippen LogP contribution in [-0.4, -0.2) is 31.7 Å². The van der Waals surface area contributed by atoms with Gasteiger partial charge in [-0.2, -0.15) is 0 Å². The standard InChI is InChI=1S/C20H30N2O2.ClH/c21-19(18-10-12-24-13-11-18)20(23)22-14-15-6-8-17(9-7-15)16-4-2-1-3-5-16;/h1-5,15,17-19H,6-14,21H2,(H,22,23);1H. The third-order valence-corrected chi connectivity index (χ3v) is 5.76. The molecule has 1 aliphatic heterocycles. The third kappa shape index (κ3) is 5.70. The fourth-order valence-electron chi connectivity index (χ4n) is 4.08. The van der Waals surface area contributed by atoms with Crippen LogP contribution in [0.1, 0.15) is 50.0 Å². The first kappa shape index (κ1) is 20.2. The van der Waals surface area contributed by atoms with Crippen molar-refractivity contribution in [1.82, 2.24) is 5.32 Å². The van der Waals surface area contributed by atoms with Crippen molar-refractivity contribution in [3.63, 3.8) is 0 Å². The Morgan fingerprint density at radius 3 is 2.36 bits per heavy atom. The molecule has 1 saturated heterocycles. The van der Waals surface area contributed by atoms with E-state index < -0.39 is 0 Å². The van der Waals surface area contributed by atoms with Gasteiger partial charge in [0.1, 0.15) is 0 Å². The van der Waals surface area contributed by atoms with Crippen molar-refractivity contribution in [3.05, 3.63) is 35.9 Å². The number of benzene rings is 1. The molecule has 1 amide bonds. The number of halogens is 1. The number of amides is 1. The maximum Gasteiger partial charge on any atom is 0.237 e. The minimum absolute atomic E-state index is 0. The summed E-state index contributed by atoms with van der Waals surface area (Å²) >= 11 is 0. The number of carbonyl (C=O) groups is 1. The Hall–Kier alpha value is -1.10. The van der Waals surface area contributed by atoms with Crippen LogP contribution in [0.3, 0.4) is 0 Å². The maximum absolute atomic E-state index is 12.3. The molecule has 1 aromatic carbocycles. The molecule has 2 fully saturated rings. The maximum atomic E-state index is 12.3. The molecule has 1 unspecified atom stereocenters. The second kappa shape index (κ2) is 10.1. The van der Waals surface area contributed by atoms with Crippen molar-refractivity contribution in [3.8, 4) is 0 Å². The van der Waals surface area contributed by atoms with Crippen LogP contribution in [0.25, 0.3) is 0 Å². The Labute approximate surface area is 157 Å². The minimum atomic E-state index is -0.380. The predicted molar refractivity (Wildman–Crippen MR) is 103 cm³/mol. The number of nitrogens with two attached hydrogens (primary N) is 1. The lowest BCUT2D eigenvalue weighted by molar-refractivity contribution is -0.124. The van der Waals surface area contributed by atoms with Crippen LogP contribution in [0, 0.1) is 11.8 Å². The van der Waals surface area contributed by atoms with Crippen molar-refractivity contribution in [2.45, 2.75) is 50.5 Å². The molecule has 25 heavy (non-hydrogen) atoms. The largest absolute Gasteiger partial charge is 0.381 e. The van der Waals surface area contributed by atoms with Crippen LogP contribution in [0.15, 0.2) is 30.3 Å². The molecule has 3 rings (SSSR count). The van der Waals surface area contributed by atoms with E-state index in [1.807, 2.05) is 0 Å². The molecule has 1 saturated carbocycles. The van der Waals surface area contributed by atoms with Gasteiger partial charge in [-0.05, 0) is 61.8 Å². The predicted octanol–water partition coefficient (Wildman–Crippen LogP) is 3.25. The van der Waals surface area contributed by atoms with E-state index in [1.165, 1.54) is 31.2 Å². The summed E-state index contributed by atoms with van der Waals surface area (Å²) < 4.78 is 5.34. The number of hydrogen-bond donors (Lipinski definition) is 2. The molecule has 1 aromatic rings. The van der Waals surface area contributed by atoms with Gasteiger partial charge in [-0.3, -0.25) is 4.79 Å². The molecule has 0 spiro atoms. The van der Waals surface area contributed by atoms with E-state index in [2.05, 4.69) is 35.6 Å². The van der Waals surface area contributed by atoms with Gasteiger partial charge >= 0.3 is 0 Å². The van der Waals surface area contributed by atoms with Gasteiger partial charge < -0.3 is 15.8 Å². The van der Waals surface area contributed by atoms with Crippen molar-refractivity contribution < 1.29 is 9.53 Å². The van der Waals surface area contributed by atoms with Crippen molar-refractivity contribution in [1.29, 1.82) is 0 Å². The van der Waals surface area contributed by atoms with Gasteiger partial charge in [-0.25, -0.2) is 0 Å². The Morgan fingerprint density at radius 1 is 1.08 bits per heavy atom. The van der Waals surface area contributed by atoms with Crippen LogP contribution in [0.5, 0.6) is 0 Å². The third-order valence-electron chi connectivity index (χ3n) is 5.76. The van der Waals surface area contributed by atoms with Crippen LogP contribution >= 0.6 is 12.4 Å². The summed E-state index contributed by atoms with van der Waals surface area (Å²) in [7, 11) is 0. The summed E-state index contributed by atoms with van der Waals surface area (Å²) in [6.45, 7) is 2.24. The van der Waals surface area contributed by atoms with E-state index in [1.54, 1.807) is 0 Å². The molecule has 5 heteroatoms. The Balaban J connectivity index is 0.00000225. The van der Waals surface area contributed by atoms with Crippen LogP contribution in [-0.2, 0) is 9.53 Å². The molecule has 140 valence electrons. The minimum Gasteiger partial charge on any atom is -0.381 e. The highest BCUT2D eigenvalue weighted by Crippen LogP contribution is 2.35. The van der Waals surface area contributed by atoms with Gasteiger partial charge in [0.2, 0.25) is 5.91 Å². The topological polar surface area (TPSA) is 64.4 Å². The summed E-state index contributed by atoms with van der Waals surface area (Å²) in [6.07, 6.45) is 6.61. The van der Waals surface area contributed by atoms with Crippen molar-refractivity contribution in [2.75, 3.05) is 19.8 Å². The zero-order chi connectivity index (χ0) is 16.8. The second-order valence-electron chi connectivity index (χ2n) is 7.35. The highest BCUT2D eigenvalue weighted by atomic mass is 35.5. The van der Waals surface area contributed by atoms with E-state index in [-0.39, 0.29) is 30.3 Å². The first-order valence-electron chi connectivity index (χ1n) is 9.40. The molecule has 0 radical (unpaired) electrons. The summed E-state index contributed by atoms with van der Waals surface area (Å²) in [5.41, 5.74) is 7.60. The SMILES string of the molecule is Cl.NC(C(=O)NCC1CCC(c2ccccc2)CC1)C1CCOCC1. The summed E-state index contributed by atoms with van der Waals surface area (Å²) in [6, 6.07) is 10.4. The fraction of sp³-hybridized carbons (Fsp3) is 0.650. The Morgan fingerprint density at radius 2 is 1.72 bits per heavy atom.